The van der Waals surface area contributed by atoms with E-state index in [1.165, 1.54) is 31.0 Å². The SMILES string of the molecule is Cc1cc(C)n2nc(S[C@@H](C)C(=O)NC3CCCCC3)nc2n1. The van der Waals surface area contributed by atoms with Crippen LogP contribution in [-0.2, 0) is 4.79 Å². The second-order valence-corrected chi connectivity index (χ2v) is 7.56. The average Bonchev–Trinajstić information content (AvgIpc) is 2.91. The van der Waals surface area contributed by atoms with E-state index in [1.54, 1.807) is 4.52 Å². The standard InChI is InChI=1S/C16H23N5OS/c1-10-9-11(2)21-15(17-10)19-16(20-21)23-12(3)14(22)18-13-7-5-4-6-8-13/h9,12-13H,4-8H2,1-3H3,(H,18,22)/t12-/m0/s1. The van der Waals surface area contributed by atoms with Gasteiger partial charge in [-0.15, -0.1) is 5.10 Å². The van der Waals surface area contributed by atoms with E-state index < -0.39 is 0 Å². The molecule has 2 heterocycles. The second kappa shape index (κ2) is 6.86. The van der Waals surface area contributed by atoms with E-state index in [0.717, 1.165) is 24.2 Å². The molecule has 0 unspecified atom stereocenters. The van der Waals surface area contributed by atoms with Crippen molar-refractivity contribution in [3.05, 3.63) is 17.5 Å². The lowest BCUT2D eigenvalue weighted by Gasteiger charge is -2.24. The highest BCUT2D eigenvalue weighted by Crippen LogP contribution is 2.22. The molecule has 0 radical (unpaired) electrons. The van der Waals surface area contributed by atoms with E-state index in [0.29, 0.717) is 17.0 Å². The van der Waals surface area contributed by atoms with E-state index in [4.69, 9.17) is 0 Å². The number of nitrogens with one attached hydrogen (secondary N) is 1. The minimum absolute atomic E-state index is 0.0709. The summed E-state index contributed by atoms with van der Waals surface area (Å²) in [7, 11) is 0. The summed E-state index contributed by atoms with van der Waals surface area (Å²) in [6, 6.07) is 2.30. The maximum absolute atomic E-state index is 12.3. The molecule has 1 aliphatic carbocycles. The number of aryl methyl sites for hydroxylation is 2. The van der Waals surface area contributed by atoms with E-state index in [-0.39, 0.29) is 11.2 Å². The second-order valence-electron chi connectivity index (χ2n) is 6.25. The molecule has 0 spiro atoms. The number of amides is 1. The number of carbonyl (C=O) groups excluding carboxylic acids is 1. The van der Waals surface area contributed by atoms with Crippen LogP contribution in [-0.4, -0.2) is 36.8 Å². The molecule has 2 aromatic heterocycles. The Balaban J connectivity index is 1.66. The first kappa shape index (κ1) is 16.2. The fraction of sp³-hybridized carbons (Fsp3) is 0.625. The molecule has 7 heteroatoms. The van der Waals surface area contributed by atoms with Crippen LogP contribution < -0.4 is 5.32 Å². The molecule has 23 heavy (non-hydrogen) atoms. The predicted molar refractivity (Wildman–Crippen MR) is 90.6 cm³/mol. The van der Waals surface area contributed by atoms with Gasteiger partial charge in [0.05, 0.1) is 5.25 Å². The van der Waals surface area contributed by atoms with E-state index >= 15 is 0 Å². The van der Waals surface area contributed by atoms with Crippen LogP contribution in [0.3, 0.4) is 0 Å². The average molecular weight is 333 g/mol. The van der Waals surface area contributed by atoms with Gasteiger partial charge in [-0.3, -0.25) is 4.79 Å². The number of hydrogen-bond donors (Lipinski definition) is 1. The molecule has 0 aromatic carbocycles. The van der Waals surface area contributed by atoms with Crippen LogP contribution in [0.4, 0.5) is 0 Å². The van der Waals surface area contributed by atoms with Crippen molar-refractivity contribution >= 4 is 23.4 Å². The summed E-state index contributed by atoms with van der Waals surface area (Å²) in [6.45, 7) is 5.82. The van der Waals surface area contributed by atoms with Gasteiger partial charge in [0.25, 0.3) is 5.78 Å². The molecule has 1 fully saturated rings. The summed E-state index contributed by atoms with van der Waals surface area (Å²) in [5.41, 5.74) is 1.91. The van der Waals surface area contributed by atoms with Crippen molar-refractivity contribution in [2.45, 2.75) is 69.3 Å². The molecule has 0 saturated heterocycles. The van der Waals surface area contributed by atoms with Crippen LogP contribution in [0.5, 0.6) is 0 Å². The molecule has 1 saturated carbocycles. The number of rotatable bonds is 4. The number of hydrogen-bond acceptors (Lipinski definition) is 5. The fourth-order valence-corrected chi connectivity index (χ4v) is 3.73. The summed E-state index contributed by atoms with van der Waals surface area (Å²) in [5.74, 6) is 0.659. The molecular weight excluding hydrogens is 310 g/mol. The first-order valence-corrected chi connectivity index (χ1v) is 9.09. The zero-order valence-electron chi connectivity index (χ0n) is 13.9. The fourth-order valence-electron chi connectivity index (χ4n) is 2.97. The maximum Gasteiger partial charge on any atom is 0.253 e. The number of thioether (sulfide) groups is 1. The summed E-state index contributed by atoms with van der Waals surface area (Å²) >= 11 is 1.39. The van der Waals surface area contributed by atoms with Crippen LogP contribution in [0.1, 0.15) is 50.4 Å². The minimum Gasteiger partial charge on any atom is -0.352 e. The summed E-state index contributed by atoms with van der Waals surface area (Å²) in [4.78, 5) is 21.1. The van der Waals surface area contributed by atoms with Crippen LogP contribution in [0.15, 0.2) is 11.2 Å². The minimum atomic E-state index is -0.212. The zero-order valence-corrected chi connectivity index (χ0v) is 14.7. The lowest BCUT2D eigenvalue weighted by molar-refractivity contribution is -0.121. The number of fused-ring (bicyclic) bond motifs is 1. The molecule has 124 valence electrons. The Kier molecular flexibility index (Phi) is 4.84. The van der Waals surface area contributed by atoms with Crippen molar-refractivity contribution in [1.82, 2.24) is 24.9 Å². The normalized spacial score (nSPS) is 17.3. The zero-order chi connectivity index (χ0) is 16.4. The first-order valence-electron chi connectivity index (χ1n) is 8.21. The molecule has 2 aromatic rings. The molecule has 3 rings (SSSR count). The molecule has 1 amide bonds. The van der Waals surface area contributed by atoms with Gasteiger partial charge in [-0.25, -0.2) is 9.50 Å². The van der Waals surface area contributed by atoms with Crippen molar-refractivity contribution in [3.8, 4) is 0 Å². The van der Waals surface area contributed by atoms with E-state index in [1.807, 2.05) is 26.8 Å². The molecule has 1 aliphatic rings. The van der Waals surface area contributed by atoms with Crippen LogP contribution >= 0.6 is 11.8 Å². The van der Waals surface area contributed by atoms with E-state index in [9.17, 15) is 4.79 Å². The molecule has 0 aliphatic heterocycles. The van der Waals surface area contributed by atoms with Gasteiger partial charge >= 0.3 is 0 Å². The molecular formula is C16H23N5OS. The van der Waals surface area contributed by atoms with Crippen molar-refractivity contribution in [1.29, 1.82) is 0 Å². The van der Waals surface area contributed by atoms with Crippen LogP contribution in [0.2, 0.25) is 0 Å². The van der Waals surface area contributed by atoms with Gasteiger partial charge in [-0.1, -0.05) is 31.0 Å². The Labute approximate surface area is 140 Å². The Hall–Kier alpha value is -1.63. The van der Waals surface area contributed by atoms with E-state index in [2.05, 4.69) is 20.4 Å². The third kappa shape index (κ3) is 3.83. The van der Waals surface area contributed by atoms with Crippen LogP contribution in [0, 0.1) is 13.8 Å². The summed E-state index contributed by atoms with van der Waals surface area (Å²) < 4.78 is 1.72. The quantitative estimate of drug-likeness (QED) is 0.871. The van der Waals surface area contributed by atoms with Gasteiger partial charge in [0.1, 0.15) is 0 Å². The van der Waals surface area contributed by atoms with Crippen molar-refractivity contribution in [3.63, 3.8) is 0 Å². The highest BCUT2D eigenvalue weighted by atomic mass is 32.2. The Morgan fingerprint density at radius 2 is 2.04 bits per heavy atom. The molecule has 6 nitrogen and oxygen atoms in total. The molecule has 1 atom stereocenters. The largest absolute Gasteiger partial charge is 0.352 e. The lowest BCUT2D eigenvalue weighted by atomic mass is 9.95. The highest BCUT2D eigenvalue weighted by molar-refractivity contribution is 8.00. The van der Waals surface area contributed by atoms with Gasteiger partial charge in [-0.05, 0) is 39.7 Å². The van der Waals surface area contributed by atoms with Crippen molar-refractivity contribution in [2.75, 3.05) is 0 Å². The smallest absolute Gasteiger partial charge is 0.253 e. The van der Waals surface area contributed by atoms with Gasteiger partial charge in [-0.2, -0.15) is 4.98 Å². The number of aromatic nitrogens is 4. The Bertz CT molecular complexity index is 708. The lowest BCUT2D eigenvalue weighted by Crippen LogP contribution is -2.40. The van der Waals surface area contributed by atoms with Crippen LogP contribution in [0.25, 0.3) is 5.78 Å². The molecule has 0 bridgehead atoms. The first-order chi connectivity index (χ1) is 11.0. The van der Waals surface area contributed by atoms with Gasteiger partial charge in [0.15, 0.2) is 0 Å². The Morgan fingerprint density at radius 1 is 1.30 bits per heavy atom. The predicted octanol–water partition coefficient (Wildman–Crippen LogP) is 2.67. The third-order valence-corrected chi connectivity index (χ3v) is 5.15. The summed E-state index contributed by atoms with van der Waals surface area (Å²) in [5, 5.41) is 7.99. The number of carbonyl (C=O) groups is 1. The van der Waals surface area contributed by atoms with Gasteiger partial charge in [0, 0.05) is 17.4 Å². The monoisotopic (exact) mass is 333 g/mol. The third-order valence-electron chi connectivity index (χ3n) is 4.20. The van der Waals surface area contributed by atoms with Crippen molar-refractivity contribution in [2.24, 2.45) is 0 Å². The van der Waals surface area contributed by atoms with Gasteiger partial charge in [0.2, 0.25) is 11.1 Å². The topological polar surface area (TPSA) is 72.2 Å². The van der Waals surface area contributed by atoms with Crippen molar-refractivity contribution < 1.29 is 4.79 Å². The number of nitrogens with zero attached hydrogens (tertiary/aromatic N) is 4. The molecule has 1 N–H and O–H groups in total. The summed E-state index contributed by atoms with van der Waals surface area (Å²) in [6.07, 6.45) is 5.90. The maximum atomic E-state index is 12.3. The Morgan fingerprint density at radius 3 is 2.78 bits per heavy atom. The highest BCUT2D eigenvalue weighted by Gasteiger charge is 2.22. The van der Waals surface area contributed by atoms with Gasteiger partial charge < -0.3 is 5.32 Å².